The summed E-state index contributed by atoms with van der Waals surface area (Å²) in [5.41, 5.74) is 3.48. The molecule has 2 heterocycles. The van der Waals surface area contributed by atoms with Gasteiger partial charge in [-0.05, 0) is 5.92 Å². The Kier molecular flexibility index (Phi) is 5.07. The van der Waals surface area contributed by atoms with E-state index in [0.717, 1.165) is 44.3 Å². The SMILES string of the molecule is CC(C)CN1CCN(Cc2cnc(NN)cn2)CC1. The van der Waals surface area contributed by atoms with E-state index in [1.165, 1.54) is 6.54 Å². The molecule has 1 aliphatic heterocycles. The summed E-state index contributed by atoms with van der Waals surface area (Å²) in [4.78, 5) is 13.5. The molecule has 0 saturated carbocycles. The van der Waals surface area contributed by atoms with E-state index in [2.05, 4.69) is 39.0 Å². The van der Waals surface area contributed by atoms with Crippen LogP contribution in [0.1, 0.15) is 19.5 Å². The van der Waals surface area contributed by atoms with Crippen LogP contribution >= 0.6 is 0 Å². The zero-order chi connectivity index (χ0) is 13.7. The van der Waals surface area contributed by atoms with Gasteiger partial charge in [-0.15, -0.1) is 0 Å². The highest BCUT2D eigenvalue weighted by molar-refractivity contribution is 5.28. The summed E-state index contributed by atoms with van der Waals surface area (Å²) in [6.07, 6.45) is 3.46. The van der Waals surface area contributed by atoms with Gasteiger partial charge < -0.3 is 10.3 Å². The van der Waals surface area contributed by atoms with Crippen LogP contribution in [0.15, 0.2) is 12.4 Å². The number of hydrogen-bond donors (Lipinski definition) is 2. The third kappa shape index (κ3) is 4.41. The van der Waals surface area contributed by atoms with Crippen LogP contribution in [0.4, 0.5) is 5.82 Å². The van der Waals surface area contributed by atoms with Gasteiger partial charge in [-0.2, -0.15) is 0 Å². The van der Waals surface area contributed by atoms with Crippen molar-refractivity contribution in [2.75, 3.05) is 38.1 Å². The topological polar surface area (TPSA) is 70.3 Å². The van der Waals surface area contributed by atoms with Crippen LogP contribution < -0.4 is 11.3 Å². The summed E-state index contributed by atoms with van der Waals surface area (Å²) in [5, 5.41) is 0. The first-order valence-electron chi connectivity index (χ1n) is 6.89. The zero-order valence-electron chi connectivity index (χ0n) is 11.8. The van der Waals surface area contributed by atoms with Crippen molar-refractivity contribution in [3.63, 3.8) is 0 Å². The van der Waals surface area contributed by atoms with Crippen molar-refractivity contribution in [3.8, 4) is 0 Å². The summed E-state index contributed by atoms with van der Waals surface area (Å²) in [6, 6.07) is 0. The van der Waals surface area contributed by atoms with E-state index < -0.39 is 0 Å². The third-order valence-corrected chi connectivity index (χ3v) is 3.33. The van der Waals surface area contributed by atoms with Crippen LogP contribution in [0, 0.1) is 5.92 Å². The smallest absolute Gasteiger partial charge is 0.158 e. The molecule has 6 heteroatoms. The number of nitrogens with one attached hydrogen (secondary N) is 1. The Morgan fingerprint density at radius 2 is 1.84 bits per heavy atom. The Bertz CT molecular complexity index is 369. The molecule has 1 aliphatic rings. The molecule has 0 radical (unpaired) electrons. The number of anilines is 1. The second-order valence-electron chi connectivity index (χ2n) is 5.51. The van der Waals surface area contributed by atoms with Gasteiger partial charge in [-0.25, -0.2) is 10.8 Å². The van der Waals surface area contributed by atoms with E-state index >= 15 is 0 Å². The number of hydrogen-bond acceptors (Lipinski definition) is 6. The van der Waals surface area contributed by atoms with E-state index in [-0.39, 0.29) is 0 Å². The fourth-order valence-corrected chi connectivity index (χ4v) is 2.39. The molecule has 0 aliphatic carbocycles. The lowest BCUT2D eigenvalue weighted by atomic mass is 10.2. The van der Waals surface area contributed by atoms with Crippen LogP contribution in [0.5, 0.6) is 0 Å². The van der Waals surface area contributed by atoms with Crippen molar-refractivity contribution < 1.29 is 0 Å². The van der Waals surface area contributed by atoms with Gasteiger partial charge in [0.05, 0.1) is 18.1 Å². The maximum absolute atomic E-state index is 5.27. The van der Waals surface area contributed by atoms with Crippen molar-refractivity contribution in [2.45, 2.75) is 20.4 Å². The first-order chi connectivity index (χ1) is 9.17. The van der Waals surface area contributed by atoms with Crippen LogP contribution in [0.3, 0.4) is 0 Å². The predicted molar refractivity (Wildman–Crippen MR) is 76.4 cm³/mol. The molecule has 0 bridgehead atoms. The van der Waals surface area contributed by atoms with Crippen LogP contribution in [-0.2, 0) is 6.54 Å². The largest absolute Gasteiger partial charge is 0.307 e. The minimum absolute atomic E-state index is 0.602. The highest BCUT2D eigenvalue weighted by Gasteiger charge is 2.17. The van der Waals surface area contributed by atoms with Gasteiger partial charge in [0.25, 0.3) is 0 Å². The Balaban J connectivity index is 1.78. The highest BCUT2D eigenvalue weighted by atomic mass is 15.3. The lowest BCUT2D eigenvalue weighted by molar-refractivity contribution is 0.116. The summed E-state index contributed by atoms with van der Waals surface area (Å²) in [7, 11) is 0. The summed E-state index contributed by atoms with van der Waals surface area (Å²) in [6.45, 7) is 11.1. The Morgan fingerprint density at radius 3 is 2.37 bits per heavy atom. The average molecular weight is 264 g/mol. The van der Waals surface area contributed by atoms with Gasteiger partial charge in [-0.3, -0.25) is 9.88 Å². The number of nitrogen functional groups attached to an aromatic ring is 1. The molecular weight excluding hydrogens is 240 g/mol. The standard InChI is InChI=1S/C13H24N6/c1-11(2)9-18-3-5-19(6-4-18)10-12-7-16-13(17-14)8-15-12/h7-8,11H,3-6,9-10,14H2,1-2H3,(H,16,17). The van der Waals surface area contributed by atoms with Gasteiger partial charge in [-0.1, -0.05) is 13.8 Å². The van der Waals surface area contributed by atoms with Gasteiger partial charge in [0.2, 0.25) is 0 Å². The fraction of sp³-hybridized carbons (Fsp3) is 0.692. The van der Waals surface area contributed by atoms with E-state index in [4.69, 9.17) is 5.84 Å². The number of hydrazine groups is 1. The first-order valence-corrected chi connectivity index (χ1v) is 6.89. The van der Waals surface area contributed by atoms with Gasteiger partial charge in [0.15, 0.2) is 5.82 Å². The lowest BCUT2D eigenvalue weighted by Crippen LogP contribution is -2.46. The minimum atomic E-state index is 0.602. The predicted octanol–water partition coefficient (Wildman–Crippen LogP) is 0.536. The average Bonchev–Trinajstić information content (AvgIpc) is 2.41. The molecule has 2 rings (SSSR count). The monoisotopic (exact) mass is 264 g/mol. The number of aromatic nitrogens is 2. The van der Waals surface area contributed by atoms with E-state index in [1.807, 2.05) is 0 Å². The number of rotatable bonds is 5. The summed E-state index contributed by atoms with van der Waals surface area (Å²) < 4.78 is 0. The second-order valence-corrected chi connectivity index (χ2v) is 5.51. The molecule has 0 amide bonds. The van der Waals surface area contributed by atoms with Crippen molar-refractivity contribution in [3.05, 3.63) is 18.1 Å². The molecule has 1 saturated heterocycles. The van der Waals surface area contributed by atoms with Crippen molar-refractivity contribution in [2.24, 2.45) is 11.8 Å². The second kappa shape index (κ2) is 6.79. The normalized spacial score (nSPS) is 17.9. The van der Waals surface area contributed by atoms with E-state index in [0.29, 0.717) is 5.82 Å². The van der Waals surface area contributed by atoms with Gasteiger partial charge >= 0.3 is 0 Å². The van der Waals surface area contributed by atoms with Crippen LogP contribution in [0.2, 0.25) is 0 Å². The van der Waals surface area contributed by atoms with E-state index in [9.17, 15) is 0 Å². The molecule has 3 N–H and O–H groups in total. The molecule has 106 valence electrons. The number of nitrogens with two attached hydrogens (primary N) is 1. The molecule has 6 nitrogen and oxygen atoms in total. The molecule has 1 aromatic rings. The fourth-order valence-electron chi connectivity index (χ4n) is 2.39. The summed E-state index contributed by atoms with van der Waals surface area (Å²) >= 11 is 0. The van der Waals surface area contributed by atoms with E-state index in [1.54, 1.807) is 12.4 Å². The molecule has 1 fully saturated rings. The Labute approximate surface area is 115 Å². The Hall–Kier alpha value is -1.24. The number of nitrogens with zero attached hydrogens (tertiary/aromatic N) is 4. The maximum Gasteiger partial charge on any atom is 0.158 e. The molecule has 1 aromatic heterocycles. The maximum atomic E-state index is 5.27. The highest BCUT2D eigenvalue weighted by Crippen LogP contribution is 2.08. The minimum Gasteiger partial charge on any atom is -0.307 e. The quantitative estimate of drug-likeness (QED) is 0.597. The molecule has 0 unspecified atom stereocenters. The Morgan fingerprint density at radius 1 is 1.16 bits per heavy atom. The van der Waals surface area contributed by atoms with Crippen molar-refractivity contribution in [1.29, 1.82) is 0 Å². The molecule has 0 spiro atoms. The number of piperazine rings is 1. The first kappa shape index (κ1) is 14.2. The molecule has 0 aromatic carbocycles. The van der Waals surface area contributed by atoms with Gasteiger partial charge in [0.1, 0.15) is 0 Å². The molecular formula is C13H24N6. The van der Waals surface area contributed by atoms with Crippen LogP contribution in [-0.4, -0.2) is 52.5 Å². The van der Waals surface area contributed by atoms with Crippen molar-refractivity contribution in [1.82, 2.24) is 19.8 Å². The van der Waals surface area contributed by atoms with Gasteiger partial charge in [0, 0.05) is 39.3 Å². The summed E-state index contributed by atoms with van der Waals surface area (Å²) in [5.74, 6) is 6.62. The molecule has 0 atom stereocenters. The third-order valence-electron chi connectivity index (χ3n) is 3.33. The zero-order valence-corrected chi connectivity index (χ0v) is 11.8. The molecule has 19 heavy (non-hydrogen) atoms. The van der Waals surface area contributed by atoms with Crippen LogP contribution in [0.25, 0.3) is 0 Å². The lowest BCUT2D eigenvalue weighted by Gasteiger charge is -2.35. The van der Waals surface area contributed by atoms with Crippen molar-refractivity contribution >= 4 is 5.82 Å².